The third-order valence-corrected chi connectivity index (χ3v) is 2.84. The van der Waals surface area contributed by atoms with Crippen molar-refractivity contribution in [3.63, 3.8) is 0 Å². The smallest absolute Gasteiger partial charge is 0.0630 e. The second-order valence-electron chi connectivity index (χ2n) is 4.18. The Labute approximate surface area is 69.1 Å². The van der Waals surface area contributed by atoms with Gasteiger partial charge in [0.25, 0.3) is 0 Å². The van der Waals surface area contributed by atoms with Crippen LogP contribution in [-0.4, -0.2) is 11.2 Å². The Balaban J connectivity index is 2.40. The van der Waals surface area contributed by atoms with Gasteiger partial charge in [-0.25, -0.2) is 0 Å². The molecule has 1 rings (SSSR count). The van der Waals surface area contributed by atoms with E-state index < -0.39 is 0 Å². The summed E-state index contributed by atoms with van der Waals surface area (Å²) in [5, 5.41) is 9.74. The molecule has 0 spiro atoms. The van der Waals surface area contributed by atoms with Gasteiger partial charge in [0.1, 0.15) is 0 Å². The molecule has 1 heteroatoms. The Kier molecular flexibility index (Phi) is 2.38. The highest BCUT2D eigenvalue weighted by Crippen LogP contribution is 2.44. The normalized spacial score (nSPS) is 23.9. The van der Waals surface area contributed by atoms with Crippen molar-refractivity contribution in [2.75, 3.05) is 0 Å². The Morgan fingerprint density at radius 2 is 2.18 bits per heavy atom. The molecule has 1 fully saturated rings. The minimum absolute atomic E-state index is 0.159. The van der Waals surface area contributed by atoms with Gasteiger partial charge >= 0.3 is 0 Å². The molecule has 0 bridgehead atoms. The van der Waals surface area contributed by atoms with Crippen LogP contribution >= 0.6 is 0 Å². The van der Waals surface area contributed by atoms with Crippen LogP contribution in [0.3, 0.4) is 0 Å². The maximum absolute atomic E-state index is 9.74. The fourth-order valence-electron chi connectivity index (χ4n) is 1.64. The van der Waals surface area contributed by atoms with Crippen LogP contribution in [0.15, 0.2) is 12.2 Å². The fourth-order valence-corrected chi connectivity index (χ4v) is 1.64. The summed E-state index contributed by atoms with van der Waals surface area (Å²) in [7, 11) is 0. The van der Waals surface area contributed by atoms with Gasteiger partial charge in [-0.05, 0) is 31.6 Å². The minimum atomic E-state index is -0.159. The quantitative estimate of drug-likeness (QED) is 0.619. The molecule has 1 aliphatic rings. The number of hydrogen-bond donors (Lipinski definition) is 1. The van der Waals surface area contributed by atoms with E-state index >= 15 is 0 Å². The molecule has 0 aromatic carbocycles. The molecule has 64 valence electrons. The van der Waals surface area contributed by atoms with Crippen molar-refractivity contribution in [1.29, 1.82) is 0 Å². The second kappa shape index (κ2) is 2.98. The predicted molar refractivity (Wildman–Crippen MR) is 47.4 cm³/mol. The van der Waals surface area contributed by atoms with E-state index in [4.69, 9.17) is 0 Å². The van der Waals surface area contributed by atoms with Gasteiger partial charge in [0.05, 0.1) is 6.10 Å². The molecule has 1 aliphatic carbocycles. The van der Waals surface area contributed by atoms with E-state index in [0.717, 1.165) is 12.0 Å². The summed E-state index contributed by atoms with van der Waals surface area (Å²) in [6.45, 7) is 7.96. The lowest BCUT2D eigenvalue weighted by Gasteiger charge is -2.42. The molecule has 1 atom stereocenters. The number of rotatable bonds is 3. The number of hydrogen-bond acceptors (Lipinski definition) is 1. The third kappa shape index (κ3) is 1.84. The molecule has 0 aliphatic heterocycles. The molecule has 0 heterocycles. The lowest BCUT2D eigenvalue weighted by molar-refractivity contribution is -0.0191. The van der Waals surface area contributed by atoms with Crippen LogP contribution in [0, 0.1) is 5.41 Å². The van der Waals surface area contributed by atoms with Crippen LogP contribution < -0.4 is 0 Å². The van der Waals surface area contributed by atoms with Crippen LogP contribution in [0.4, 0.5) is 0 Å². The average Bonchev–Trinajstić information content (AvgIpc) is 1.81. The molecule has 0 aromatic rings. The molecule has 1 saturated carbocycles. The highest BCUT2D eigenvalue weighted by Gasteiger charge is 2.38. The minimum Gasteiger partial charge on any atom is -0.392 e. The molecule has 11 heavy (non-hydrogen) atoms. The first-order valence-electron chi connectivity index (χ1n) is 4.37. The first-order chi connectivity index (χ1) is 5.04. The molecular weight excluding hydrogens is 136 g/mol. The molecule has 0 aromatic heterocycles. The molecule has 0 radical (unpaired) electrons. The summed E-state index contributed by atoms with van der Waals surface area (Å²) in [4.78, 5) is 0. The van der Waals surface area contributed by atoms with Crippen molar-refractivity contribution < 1.29 is 5.11 Å². The first kappa shape index (κ1) is 8.79. The fraction of sp³-hybridized carbons (Fsp3) is 0.800. The number of aliphatic hydroxyl groups is 1. The van der Waals surface area contributed by atoms with E-state index in [-0.39, 0.29) is 11.5 Å². The predicted octanol–water partition coefficient (Wildman–Crippen LogP) is 2.50. The van der Waals surface area contributed by atoms with Gasteiger partial charge < -0.3 is 5.11 Å². The third-order valence-electron chi connectivity index (χ3n) is 2.84. The van der Waals surface area contributed by atoms with Crippen LogP contribution in [-0.2, 0) is 0 Å². The zero-order valence-electron chi connectivity index (χ0n) is 7.56. The zero-order chi connectivity index (χ0) is 8.48. The number of aliphatic hydroxyl groups excluding tert-OH is 1. The molecular formula is C10H18O. The van der Waals surface area contributed by atoms with Gasteiger partial charge in [0.15, 0.2) is 0 Å². The van der Waals surface area contributed by atoms with Gasteiger partial charge in [-0.15, -0.1) is 6.58 Å². The van der Waals surface area contributed by atoms with Crippen LogP contribution in [0.1, 0.15) is 39.5 Å². The topological polar surface area (TPSA) is 20.2 Å². The first-order valence-corrected chi connectivity index (χ1v) is 4.37. The van der Waals surface area contributed by atoms with E-state index in [1.165, 1.54) is 19.3 Å². The lowest BCUT2D eigenvalue weighted by atomic mass is 9.65. The standard InChI is InChI=1S/C10H18O/c1-8(2)7-9(11)10(3)5-4-6-10/h9,11H,1,4-7H2,2-3H3. The van der Waals surface area contributed by atoms with Crippen molar-refractivity contribution in [3.05, 3.63) is 12.2 Å². The van der Waals surface area contributed by atoms with E-state index in [1.807, 2.05) is 6.92 Å². The van der Waals surface area contributed by atoms with Crippen molar-refractivity contribution in [2.45, 2.75) is 45.6 Å². The van der Waals surface area contributed by atoms with Gasteiger partial charge in [0, 0.05) is 0 Å². The maximum Gasteiger partial charge on any atom is 0.0630 e. The summed E-state index contributed by atoms with van der Waals surface area (Å²) in [5.41, 5.74) is 1.30. The summed E-state index contributed by atoms with van der Waals surface area (Å²) in [6.07, 6.45) is 4.26. The summed E-state index contributed by atoms with van der Waals surface area (Å²) in [6, 6.07) is 0. The van der Waals surface area contributed by atoms with Crippen molar-refractivity contribution in [1.82, 2.24) is 0 Å². The molecule has 1 unspecified atom stereocenters. The largest absolute Gasteiger partial charge is 0.392 e. The van der Waals surface area contributed by atoms with Gasteiger partial charge in [0.2, 0.25) is 0 Å². The van der Waals surface area contributed by atoms with Gasteiger partial charge in [-0.1, -0.05) is 18.9 Å². The van der Waals surface area contributed by atoms with E-state index in [0.29, 0.717) is 0 Å². The van der Waals surface area contributed by atoms with Crippen LogP contribution in [0.25, 0.3) is 0 Å². The van der Waals surface area contributed by atoms with Crippen molar-refractivity contribution in [3.8, 4) is 0 Å². The van der Waals surface area contributed by atoms with Crippen molar-refractivity contribution in [2.24, 2.45) is 5.41 Å². The molecule has 1 N–H and O–H groups in total. The summed E-state index contributed by atoms with van der Waals surface area (Å²) in [5.74, 6) is 0. The van der Waals surface area contributed by atoms with Gasteiger partial charge in [-0.3, -0.25) is 0 Å². The second-order valence-corrected chi connectivity index (χ2v) is 4.18. The highest BCUT2D eigenvalue weighted by atomic mass is 16.3. The zero-order valence-corrected chi connectivity index (χ0v) is 7.56. The molecule has 0 saturated heterocycles. The Bertz CT molecular complexity index is 156. The highest BCUT2D eigenvalue weighted by molar-refractivity contribution is 4.98. The van der Waals surface area contributed by atoms with E-state index in [1.54, 1.807) is 0 Å². The molecule has 1 nitrogen and oxygen atoms in total. The monoisotopic (exact) mass is 154 g/mol. The van der Waals surface area contributed by atoms with Gasteiger partial charge in [-0.2, -0.15) is 0 Å². The SMILES string of the molecule is C=C(C)CC(O)C1(C)CCC1. The Hall–Kier alpha value is -0.300. The molecule has 0 amide bonds. The summed E-state index contributed by atoms with van der Waals surface area (Å²) < 4.78 is 0. The van der Waals surface area contributed by atoms with Crippen LogP contribution in [0.5, 0.6) is 0 Å². The lowest BCUT2D eigenvalue weighted by Crippen LogP contribution is -2.38. The van der Waals surface area contributed by atoms with Crippen LogP contribution in [0.2, 0.25) is 0 Å². The Morgan fingerprint density at radius 3 is 2.45 bits per heavy atom. The van der Waals surface area contributed by atoms with E-state index in [2.05, 4.69) is 13.5 Å². The Morgan fingerprint density at radius 1 is 1.64 bits per heavy atom. The average molecular weight is 154 g/mol. The van der Waals surface area contributed by atoms with Crippen molar-refractivity contribution >= 4 is 0 Å². The maximum atomic E-state index is 9.74. The van der Waals surface area contributed by atoms with E-state index in [9.17, 15) is 5.11 Å². The summed E-state index contributed by atoms with van der Waals surface area (Å²) >= 11 is 0.